The smallest absolute Gasteiger partial charge is 0.235 e. The molecule has 0 amide bonds. The monoisotopic (exact) mass is 534 g/mol. The van der Waals surface area contributed by atoms with Gasteiger partial charge in [0.1, 0.15) is 5.69 Å². The van der Waals surface area contributed by atoms with Crippen LogP contribution in [-0.4, -0.2) is 19.5 Å². The number of thiophene rings is 2. The number of fused-ring (bicyclic) bond motifs is 10. The molecule has 0 saturated carbocycles. The maximum atomic E-state index is 5.31. The molecule has 0 unspecified atom stereocenters. The Morgan fingerprint density at radius 3 is 2.26 bits per heavy atom. The van der Waals surface area contributed by atoms with Gasteiger partial charge < -0.3 is 0 Å². The number of hydrogen-bond donors (Lipinski definition) is 0. The zero-order chi connectivity index (χ0) is 25.5. The lowest BCUT2D eigenvalue weighted by Crippen LogP contribution is -2.04. The van der Waals surface area contributed by atoms with Crippen molar-refractivity contribution in [3.05, 3.63) is 109 Å². The molecule has 0 aliphatic carbocycles. The summed E-state index contributed by atoms with van der Waals surface area (Å²) in [6, 6.07) is 36.0. The van der Waals surface area contributed by atoms with E-state index >= 15 is 0 Å². The predicted octanol–water partition coefficient (Wildman–Crippen LogP) is 9.37. The summed E-state index contributed by atoms with van der Waals surface area (Å²) < 4.78 is 7.47. The minimum Gasteiger partial charge on any atom is -0.276 e. The third-order valence-electron chi connectivity index (χ3n) is 7.48. The molecule has 6 heteroatoms. The average Bonchev–Trinajstić information content (AvgIpc) is 3.64. The van der Waals surface area contributed by atoms with E-state index in [2.05, 4.69) is 89.5 Å². The number of nitrogens with zero attached hydrogens (tertiary/aromatic N) is 4. The van der Waals surface area contributed by atoms with E-state index in [9.17, 15) is 0 Å². The standard InChI is InChI=1S/C33H18N4S2/c1-2-10-20-19(9-1)16-17-23-27(20)35-33(36-28(23)24-13-7-8-18-34-24)37-25-14-5-3-11-21(25)30-29(37)32-31(39-30)22-12-4-6-15-26(22)38-32/h1-18H. The van der Waals surface area contributed by atoms with Crippen molar-refractivity contribution in [1.82, 2.24) is 19.5 Å². The molecule has 0 aliphatic heterocycles. The van der Waals surface area contributed by atoms with Crippen LogP contribution < -0.4 is 0 Å². The van der Waals surface area contributed by atoms with Gasteiger partial charge >= 0.3 is 0 Å². The second-order valence-corrected chi connectivity index (χ2v) is 11.7. The van der Waals surface area contributed by atoms with Crippen LogP contribution in [0.15, 0.2) is 109 Å². The molecular weight excluding hydrogens is 517 g/mol. The Balaban J connectivity index is 1.49. The molecule has 4 aromatic carbocycles. The lowest BCUT2D eigenvalue weighted by molar-refractivity contribution is 1.02. The second-order valence-electron chi connectivity index (χ2n) is 9.66. The number of rotatable bonds is 2. The Labute approximate surface area is 230 Å². The molecule has 182 valence electrons. The first kappa shape index (κ1) is 21.3. The Hall–Kier alpha value is -4.65. The topological polar surface area (TPSA) is 43.6 Å². The molecule has 9 aromatic rings. The van der Waals surface area contributed by atoms with Crippen molar-refractivity contribution in [2.75, 3.05) is 0 Å². The minimum atomic E-state index is 0.669. The van der Waals surface area contributed by atoms with E-state index in [1.54, 1.807) is 0 Å². The van der Waals surface area contributed by atoms with Gasteiger partial charge in [0.05, 0.1) is 36.3 Å². The summed E-state index contributed by atoms with van der Waals surface area (Å²) in [4.78, 5) is 15.3. The van der Waals surface area contributed by atoms with Gasteiger partial charge in [0.25, 0.3) is 0 Å². The molecule has 4 nitrogen and oxygen atoms in total. The van der Waals surface area contributed by atoms with Crippen molar-refractivity contribution in [3.63, 3.8) is 0 Å². The fourth-order valence-corrected chi connectivity index (χ4v) is 8.53. The maximum absolute atomic E-state index is 5.31. The molecule has 39 heavy (non-hydrogen) atoms. The maximum Gasteiger partial charge on any atom is 0.235 e. The first-order valence-electron chi connectivity index (χ1n) is 12.8. The van der Waals surface area contributed by atoms with Gasteiger partial charge in [-0.15, -0.1) is 22.7 Å². The van der Waals surface area contributed by atoms with Crippen molar-refractivity contribution in [3.8, 4) is 17.3 Å². The molecule has 0 bridgehead atoms. The van der Waals surface area contributed by atoms with Gasteiger partial charge in [-0.1, -0.05) is 72.8 Å². The molecule has 9 rings (SSSR count). The summed E-state index contributed by atoms with van der Waals surface area (Å²) >= 11 is 3.72. The van der Waals surface area contributed by atoms with Gasteiger partial charge in [0.2, 0.25) is 5.95 Å². The Bertz CT molecular complexity index is 2400. The fraction of sp³-hybridized carbons (Fsp3) is 0. The van der Waals surface area contributed by atoms with E-state index in [1.807, 2.05) is 47.1 Å². The Kier molecular flexibility index (Phi) is 4.33. The highest BCUT2D eigenvalue weighted by Crippen LogP contribution is 2.48. The van der Waals surface area contributed by atoms with Crippen LogP contribution in [0.2, 0.25) is 0 Å². The highest BCUT2D eigenvalue weighted by atomic mass is 32.1. The lowest BCUT2D eigenvalue weighted by Gasteiger charge is -2.12. The first-order valence-corrected chi connectivity index (χ1v) is 14.4. The van der Waals surface area contributed by atoms with Gasteiger partial charge in [-0.3, -0.25) is 9.55 Å². The van der Waals surface area contributed by atoms with Crippen molar-refractivity contribution in [1.29, 1.82) is 0 Å². The average molecular weight is 535 g/mol. The molecule has 0 aliphatic rings. The van der Waals surface area contributed by atoms with E-state index in [4.69, 9.17) is 15.0 Å². The third-order valence-corrected chi connectivity index (χ3v) is 10.0. The van der Waals surface area contributed by atoms with Crippen LogP contribution in [0.25, 0.3) is 79.6 Å². The highest BCUT2D eigenvalue weighted by Gasteiger charge is 2.23. The normalized spacial score (nSPS) is 12.1. The number of benzene rings is 4. The van der Waals surface area contributed by atoms with Crippen molar-refractivity contribution >= 4 is 85.0 Å². The van der Waals surface area contributed by atoms with Crippen LogP contribution >= 0.6 is 22.7 Å². The van der Waals surface area contributed by atoms with Crippen LogP contribution in [-0.2, 0) is 0 Å². The van der Waals surface area contributed by atoms with Gasteiger partial charge in [-0.2, -0.15) is 0 Å². The molecule has 5 heterocycles. The molecule has 5 aromatic heterocycles. The van der Waals surface area contributed by atoms with Gasteiger partial charge in [0.15, 0.2) is 0 Å². The summed E-state index contributed by atoms with van der Waals surface area (Å²) in [6.07, 6.45) is 1.83. The van der Waals surface area contributed by atoms with Crippen LogP contribution in [0.5, 0.6) is 0 Å². The molecule has 0 spiro atoms. The first-order chi connectivity index (χ1) is 19.3. The number of pyridine rings is 1. The molecule has 0 radical (unpaired) electrons. The summed E-state index contributed by atoms with van der Waals surface area (Å²) in [5, 5.41) is 5.81. The van der Waals surface area contributed by atoms with Crippen LogP contribution in [0, 0.1) is 0 Å². The van der Waals surface area contributed by atoms with E-state index in [1.165, 1.54) is 35.1 Å². The number of hydrogen-bond acceptors (Lipinski definition) is 5. The summed E-state index contributed by atoms with van der Waals surface area (Å²) in [6.45, 7) is 0. The van der Waals surface area contributed by atoms with Gasteiger partial charge in [-0.25, -0.2) is 9.97 Å². The van der Waals surface area contributed by atoms with E-state index < -0.39 is 0 Å². The number of aromatic nitrogens is 4. The van der Waals surface area contributed by atoms with E-state index in [0.717, 1.165) is 38.6 Å². The summed E-state index contributed by atoms with van der Waals surface area (Å²) in [7, 11) is 0. The third kappa shape index (κ3) is 2.95. The zero-order valence-corrected chi connectivity index (χ0v) is 22.1. The minimum absolute atomic E-state index is 0.669. The molecule has 0 N–H and O–H groups in total. The fourth-order valence-electron chi connectivity index (χ4n) is 5.76. The van der Waals surface area contributed by atoms with Gasteiger partial charge in [-0.05, 0) is 35.7 Å². The second kappa shape index (κ2) is 7.93. The zero-order valence-electron chi connectivity index (χ0n) is 20.5. The van der Waals surface area contributed by atoms with E-state index in [0.29, 0.717) is 5.95 Å². The van der Waals surface area contributed by atoms with Crippen molar-refractivity contribution in [2.24, 2.45) is 0 Å². The highest BCUT2D eigenvalue weighted by molar-refractivity contribution is 7.37. The lowest BCUT2D eigenvalue weighted by atomic mass is 10.0. The van der Waals surface area contributed by atoms with Gasteiger partial charge in [0, 0.05) is 32.4 Å². The number of para-hydroxylation sites is 1. The van der Waals surface area contributed by atoms with Crippen molar-refractivity contribution in [2.45, 2.75) is 0 Å². The Morgan fingerprint density at radius 1 is 0.564 bits per heavy atom. The largest absolute Gasteiger partial charge is 0.276 e. The Morgan fingerprint density at radius 2 is 1.36 bits per heavy atom. The predicted molar refractivity (Wildman–Crippen MR) is 165 cm³/mol. The molecule has 0 saturated heterocycles. The van der Waals surface area contributed by atoms with Crippen LogP contribution in [0.1, 0.15) is 0 Å². The molecular formula is C33H18N4S2. The van der Waals surface area contributed by atoms with E-state index in [-0.39, 0.29) is 0 Å². The summed E-state index contributed by atoms with van der Waals surface area (Å²) in [5.74, 6) is 0.669. The van der Waals surface area contributed by atoms with Crippen LogP contribution in [0.4, 0.5) is 0 Å². The quantitative estimate of drug-likeness (QED) is 0.208. The summed E-state index contributed by atoms with van der Waals surface area (Å²) in [5.41, 5.74) is 4.92. The molecule has 0 fully saturated rings. The van der Waals surface area contributed by atoms with Crippen LogP contribution in [0.3, 0.4) is 0 Å². The SMILES string of the molecule is c1ccc(-c2nc(-n3c4ccccc4c4sc5c6ccccc6sc5c43)nc3c2ccc2ccccc23)nc1. The molecule has 0 atom stereocenters. The van der Waals surface area contributed by atoms with Crippen molar-refractivity contribution < 1.29 is 0 Å².